The van der Waals surface area contributed by atoms with Crippen molar-refractivity contribution >= 4 is 45.2 Å². The summed E-state index contributed by atoms with van der Waals surface area (Å²) in [5, 5.41) is 0. The first-order valence-corrected chi connectivity index (χ1v) is 7.41. The summed E-state index contributed by atoms with van der Waals surface area (Å²) >= 11 is 4.49. The molecule has 0 aromatic heterocycles. The van der Waals surface area contributed by atoms with Crippen LogP contribution in [0.3, 0.4) is 0 Å². The largest absolute Gasteiger partial charge is 0.497 e. The standard InChI is InChI=1S/2C7H7IO/c1-9-7-4-2-6(8)3-5-7;1-9-7-5-3-2-4-6(7)8/h2*2-5H,1H3. The van der Waals surface area contributed by atoms with Crippen molar-refractivity contribution in [1.82, 2.24) is 0 Å². The molecule has 0 saturated heterocycles. The van der Waals surface area contributed by atoms with Gasteiger partial charge in [-0.3, -0.25) is 0 Å². The van der Waals surface area contributed by atoms with E-state index in [2.05, 4.69) is 45.2 Å². The van der Waals surface area contributed by atoms with Gasteiger partial charge in [0.2, 0.25) is 0 Å². The van der Waals surface area contributed by atoms with Gasteiger partial charge in [-0.2, -0.15) is 0 Å². The summed E-state index contributed by atoms with van der Waals surface area (Å²) in [6, 6.07) is 15.8. The van der Waals surface area contributed by atoms with Gasteiger partial charge >= 0.3 is 0 Å². The van der Waals surface area contributed by atoms with Crippen LogP contribution in [0.4, 0.5) is 0 Å². The molecule has 0 radical (unpaired) electrons. The molecule has 0 aliphatic rings. The third-order valence-electron chi connectivity index (χ3n) is 2.11. The van der Waals surface area contributed by atoms with Crippen LogP contribution in [0.1, 0.15) is 0 Å². The summed E-state index contributed by atoms with van der Waals surface area (Å²) in [5.74, 6) is 1.86. The molecule has 0 spiro atoms. The number of benzene rings is 2. The van der Waals surface area contributed by atoms with Crippen LogP contribution in [0.5, 0.6) is 11.5 Å². The molecule has 18 heavy (non-hydrogen) atoms. The van der Waals surface area contributed by atoms with E-state index in [0.717, 1.165) is 15.1 Å². The summed E-state index contributed by atoms with van der Waals surface area (Å²) in [7, 11) is 3.35. The second-order valence-electron chi connectivity index (χ2n) is 3.29. The minimum absolute atomic E-state index is 0.912. The van der Waals surface area contributed by atoms with Crippen molar-refractivity contribution in [3.05, 3.63) is 55.7 Å². The van der Waals surface area contributed by atoms with Crippen LogP contribution in [0.2, 0.25) is 0 Å². The molecule has 96 valence electrons. The zero-order valence-corrected chi connectivity index (χ0v) is 14.5. The maximum Gasteiger partial charge on any atom is 0.132 e. The van der Waals surface area contributed by atoms with Crippen molar-refractivity contribution in [1.29, 1.82) is 0 Å². The van der Waals surface area contributed by atoms with E-state index >= 15 is 0 Å². The molecular formula is C14H14I2O2. The molecule has 2 nitrogen and oxygen atoms in total. The zero-order valence-electron chi connectivity index (χ0n) is 10.2. The van der Waals surface area contributed by atoms with Gasteiger partial charge in [-0.15, -0.1) is 0 Å². The van der Waals surface area contributed by atoms with Crippen LogP contribution in [0.25, 0.3) is 0 Å². The third kappa shape index (κ3) is 5.43. The smallest absolute Gasteiger partial charge is 0.132 e. The van der Waals surface area contributed by atoms with E-state index in [1.807, 2.05) is 48.5 Å². The maximum absolute atomic E-state index is 5.04. The van der Waals surface area contributed by atoms with E-state index in [4.69, 9.17) is 9.47 Å². The van der Waals surface area contributed by atoms with Crippen molar-refractivity contribution in [3.63, 3.8) is 0 Å². The lowest BCUT2D eigenvalue weighted by atomic mass is 10.3. The Morgan fingerprint density at radius 2 is 1.39 bits per heavy atom. The van der Waals surface area contributed by atoms with Crippen LogP contribution >= 0.6 is 45.2 Å². The lowest BCUT2D eigenvalue weighted by Gasteiger charge is -1.99. The summed E-state index contributed by atoms with van der Waals surface area (Å²) in [6.07, 6.45) is 0. The van der Waals surface area contributed by atoms with E-state index in [-0.39, 0.29) is 0 Å². The van der Waals surface area contributed by atoms with E-state index in [0.29, 0.717) is 0 Å². The second-order valence-corrected chi connectivity index (χ2v) is 5.70. The van der Waals surface area contributed by atoms with Crippen molar-refractivity contribution in [3.8, 4) is 11.5 Å². The van der Waals surface area contributed by atoms with Crippen molar-refractivity contribution < 1.29 is 9.47 Å². The zero-order chi connectivity index (χ0) is 13.4. The van der Waals surface area contributed by atoms with E-state index < -0.39 is 0 Å². The number of hydrogen-bond donors (Lipinski definition) is 0. The molecule has 0 amide bonds. The molecular weight excluding hydrogens is 454 g/mol. The first kappa shape index (κ1) is 15.6. The van der Waals surface area contributed by atoms with Gasteiger partial charge in [-0.1, -0.05) is 12.1 Å². The number of hydrogen-bond acceptors (Lipinski definition) is 2. The predicted molar refractivity (Wildman–Crippen MR) is 91.4 cm³/mol. The molecule has 2 aromatic carbocycles. The maximum atomic E-state index is 5.04. The summed E-state index contributed by atoms with van der Waals surface area (Å²) < 4.78 is 12.4. The molecule has 4 heteroatoms. The Balaban J connectivity index is 0.000000180. The molecule has 0 fully saturated rings. The van der Waals surface area contributed by atoms with Gasteiger partial charge in [0, 0.05) is 3.57 Å². The lowest BCUT2D eigenvalue weighted by molar-refractivity contribution is 0.412. The monoisotopic (exact) mass is 468 g/mol. The highest BCUT2D eigenvalue weighted by molar-refractivity contribution is 14.1. The molecule has 0 N–H and O–H groups in total. The quantitative estimate of drug-likeness (QED) is 0.601. The predicted octanol–water partition coefficient (Wildman–Crippen LogP) is 4.60. The van der Waals surface area contributed by atoms with Crippen molar-refractivity contribution in [2.75, 3.05) is 14.2 Å². The fourth-order valence-electron chi connectivity index (χ4n) is 1.18. The van der Waals surface area contributed by atoms with Crippen LogP contribution in [-0.2, 0) is 0 Å². The molecule has 2 aromatic rings. The second kappa shape index (κ2) is 8.58. The molecule has 0 atom stereocenters. The topological polar surface area (TPSA) is 18.5 Å². The first-order chi connectivity index (χ1) is 8.67. The van der Waals surface area contributed by atoms with Gasteiger partial charge in [0.1, 0.15) is 11.5 Å². The summed E-state index contributed by atoms with van der Waals surface area (Å²) in [6.45, 7) is 0. The fraction of sp³-hybridized carbons (Fsp3) is 0.143. The lowest BCUT2D eigenvalue weighted by Crippen LogP contribution is -1.83. The highest BCUT2D eigenvalue weighted by Gasteiger charge is 1.92. The molecule has 2 rings (SSSR count). The van der Waals surface area contributed by atoms with Gasteiger partial charge in [0.05, 0.1) is 17.8 Å². The van der Waals surface area contributed by atoms with Gasteiger partial charge < -0.3 is 9.47 Å². The number of para-hydroxylation sites is 1. The van der Waals surface area contributed by atoms with Gasteiger partial charge in [0.15, 0.2) is 0 Å². The average Bonchev–Trinajstić information content (AvgIpc) is 2.41. The Labute approximate surface area is 135 Å². The molecule has 0 saturated carbocycles. The summed E-state index contributed by atoms with van der Waals surface area (Å²) in [5.41, 5.74) is 0. The number of halogens is 2. The molecule has 0 bridgehead atoms. The van der Waals surface area contributed by atoms with Gasteiger partial charge in [-0.25, -0.2) is 0 Å². The Bertz CT molecular complexity index is 469. The van der Waals surface area contributed by atoms with Gasteiger partial charge in [0.25, 0.3) is 0 Å². The van der Waals surface area contributed by atoms with Crippen LogP contribution in [0, 0.1) is 7.14 Å². The average molecular weight is 468 g/mol. The Morgan fingerprint density at radius 3 is 1.83 bits per heavy atom. The van der Waals surface area contributed by atoms with E-state index in [1.165, 1.54) is 3.57 Å². The molecule has 0 aliphatic carbocycles. The summed E-state index contributed by atoms with van der Waals surface area (Å²) in [4.78, 5) is 0. The fourth-order valence-corrected chi connectivity index (χ4v) is 2.15. The molecule has 0 heterocycles. The SMILES string of the molecule is COc1ccc(I)cc1.COc1ccccc1I. The third-order valence-corrected chi connectivity index (χ3v) is 3.72. The van der Waals surface area contributed by atoms with Crippen LogP contribution < -0.4 is 9.47 Å². The number of methoxy groups -OCH3 is 2. The minimum Gasteiger partial charge on any atom is -0.497 e. The normalized spacial score (nSPS) is 9.11. The number of ether oxygens (including phenoxy) is 2. The van der Waals surface area contributed by atoms with Crippen LogP contribution in [-0.4, -0.2) is 14.2 Å². The van der Waals surface area contributed by atoms with Crippen LogP contribution in [0.15, 0.2) is 48.5 Å². The van der Waals surface area contributed by atoms with Gasteiger partial charge in [-0.05, 0) is 81.6 Å². The highest BCUT2D eigenvalue weighted by atomic mass is 127. The highest BCUT2D eigenvalue weighted by Crippen LogP contribution is 2.18. The Hall–Kier alpha value is -0.500. The minimum atomic E-state index is 0.912. The van der Waals surface area contributed by atoms with E-state index in [1.54, 1.807) is 14.2 Å². The van der Waals surface area contributed by atoms with Crippen molar-refractivity contribution in [2.24, 2.45) is 0 Å². The number of rotatable bonds is 2. The first-order valence-electron chi connectivity index (χ1n) is 5.25. The Morgan fingerprint density at radius 1 is 0.778 bits per heavy atom. The van der Waals surface area contributed by atoms with E-state index in [9.17, 15) is 0 Å². The molecule has 0 unspecified atom stereocenters. The Kier molecular flexibility index (Phi) is 7.41. The van der Waals surface area contributed by atoms with Crippen molar-refractivity contribution in [2.45, 2.75) is 0 Å². The molecule has 0 aliphatic heterocycles.